The second-order valence-corrected chi connectivity index (χ2v) is 5.81. The van der Waals surface area contributed by atoms with Crippen LogP contribution in [0.15, 0.2) is 12.4 Å². The van der Waals surface area contributed by atoms with Gasteiger partial charge in [0.15, 0.2) is 5.82 Å². The molecule has 1 atom stereocenters. The van der Waals surface area contributed by atoms with Crippen LogP contribution in [0, 0.1) is 0 Å². The van der Waals surface area contributed by atoms with Crippen LogP contribution in [0.5, 0.6) is 0 Å². The molecule has 0 bridgehead atoms. The van der Waals surface area contributed by atoms with Crippen LogP contribution in [0.25, 0.3) is 0 Å². The van der Waals surface area contributed by atoms with E-state index in [1.54, 1.807) is 0 Å². The summed E-state index contributed by atoms with van der Waals surface area (Å²) in [5, 5.41) is 10.1. The zero-order valence-electron chi connectivity index (χ0n) is 12.6. The first-order valence-corrected chi connectivity index (χ1v) is 6.77. The Morgan fingerprint density at radius 1 is 1.45 bits per heavy atom. The molecule has 1 fully saturated rings. The summed E-state index contributed by atoms with van der Waals surface area (Å²) in [6, 6.07) is 0.135. The van der Waals surface area contributed by atoms with Gasteiger partial charge in [0.05, 0.1) is 6.42 Å². The summed E-state index contributed by atoms with van der Waals surface area (Å²) in [7, 11) is 5.02. The molecular weight excluding hydrogens is 301 g/mol. The third-order valence-electron chi connectivity index (χ3n) is 4.01. The second-order valence-electron chi connectivity index (χ2n) is 5.81. The highest BCUT2D eigenvalue weighted by Crippen LogP contribution is 2.41. The molecule has 1 aromatic heterocycles. The Labute approximate surface area is 126 Å². The minimum absolute atomic E-state index is 0.135. The first-order chi connectivity index (χ1) is 10.1. The molecular formula is C13H19F3N4O2. The Morgan fingerprint density at radius 2 is 2.05 bits per heavy atom. The van der Waals surface area contributed by atoms with Gasteiger partial charge in [-0.15, -0.1) is 0 Å². The van der Waals surface area contributed by atoms with Gasteiger partial charge < -0.3 is 19.5 Å². The van der Waals surface area contributed by atoms with Gasteiger partial charge in [-0.05, 0) is 14.1 Å². The lowest BCUT2D eigenvalue weighted by Crippen LogP contribution is -2.60. The van der Waals surface area contributed by atoms with Crippen LogP contribution in [0.2, 0.25) is 0 Å². The van der Waals surface area contributed by atoms with Gasteiger partial charge >= 0.3 is 6.18 Å². The molecule has 0 aromatic carbocycles. The standard InChI is InChI=1S/C13H19F3N4O2/c1-18(2)9-7-20(8-9)10(21)6-12(22,13(14,15)16)11-17-4-5-19(11)3/h4-5,9,22H,6-8H2,1-3H3. The Bertz CT molecular complexity index is 552. The van der Waals surface area contributed by atoms with Gasteiger partial charge in [0.1, 0.15) is 0 Å². The number of rotatable bonds is 4. The number of alkyl halides is 3. The van der Waals surface area contributed by atoms with Gasteiger partial charge in [-0.25, -0.2) is 4.98 Å². The van der Waals surface area contributed by atoms with Crippen LogP contribution in [0.3, 0.4) is 0 Å². The zero-order valence-corrected chi connectivity index (χ0v) is 12.6. The average Bonchev–Trinajstić information content (AvgIpc) is 2.71. The first kappa shape index (κ1) is 16.8. The van der Waals surface area contributed by atoms with E-state index >= 15 is 0 Å². The molecule has 1 aliphatic rings. The van der Waals surface area contributed by atoms with Crippen molar-refractivity contribution in [3.8, 4) is 0 Å². The summed E-state index contributed by atoms with van der Waals surface area (Å²) in [5.41, 5.74) is -3.29. The minimum atomic E-state index is -4.99. The molecule has 22 heavy (non-hydrogen) atoms. The lowest BCUT2D eigenvalue weighted by molar-refractivity contribution is -0.272. The van der Waals surface area contributed by atoms with Gasteiger partial charge in [0.2, 0.25) is 11.5 Å². The molecule has 1 saturated heterocycles. The number of imidazole rings is 1. The molecule has 1 unspecified atom stereocenters. The van der Waals surface area contributed by atoms with E-state index < -0.39 is 29.9 Å². The van der Waals surface area contributed by atoms with Gasteiger partial charge in [0, 0.05) is 38.6 Å². The summed E-state index contributed by atoms with van der Waals surface area (Å²) < 4.78 is 41.0. The molecule has 2 heterocycles. The largest absolute Gasteiger partial charge is 0.425 e. The number of hydrogen-bond acceptors (Lipinski definition) is 4. The maximum atomic E-state index is 13.3. The van der Waals surface area contributed by atoms with Gasteiger partial charge in [0.25, 0.3) is 0 Å². The molecule has 1 aliphatic heterocycles. The van der Waals surface area contributed by atoms with E-state index in [1.165, 1.54) is 18.1 Å². The fourth-order valence-corrected chi connectivity index (χ4v) is 2.39. The summed E-state index contributed by atoms with van der Waals surface area (Å²) in [6.45, 7) is 0.723. The lowest BCUT2D eigenvalue weighted by Gasteiger charge is -2.44. The second kappa shape index (κ2) is 5.54. The molecule has 1 amide bonds. The molecule has 2 rings (SSSR count). The number of carbonyl (C=O) groups is 1. The van der Waals surface area contributed by atoms with Crippen LogP contribution in [-0.2, 0) is 17.4 Å². The van der Waals surface area contributed by atoms with Crippen molar-refractivity contribution in [2.45, 2.75) is 24.2 Å². The van der Waals surface area contributed by atoms with Crippen LogP contribution in [0.1, 0.15) is 12.2 Å². The molecule has 0 radical (unpaired) electrons. The lowest BCUT2D eigenvalue weighted by atomic mass is 9.95. The highest BCUT2D eigenvalue weighted by atomic mass is 19.4. The van der Waals surface area contributed by atoms with Crippen molar-refractivity contribution in [2.75, 3.05) is 27.2 Å². The van der Waals surface area contributed by atoms with Crippen molar-refractivity contribution in [1.29, 1.82) is 0 Å². The number of nitrogens with zero attached hydrogens (tertiary/aromatic N) is 4. The zero-order chi connectivity index (χ0) is 16.7. The minimum Gasteiger partial charge on any atom is -0.374 e. The molecule has 124 valence electrons. The summed E-state index contributed by atoms with van der Waals surface area (Å²) in [5.74, 6) is -1.32. The first-order valence-electron chi connectivity index (χ1n) is 6.77. The van der Waals surface area contributed by atoms with Crippen LogP contribution in [0.4, 0.5) is 13.2 Å². The number of aliphatic hydroxyl groups is 1. The smallest absolute Gasteiger partial charge is 0.374 e. The van der Waals surface area contributed by atoms with Gasteiger partial charge in [-0.2, -0.15) is 13.2 Å². The fraction of sp³-hybridized carbons (Fsp3) is 0.692. The molecule has 0 aliphatic carbocycles. The fourth-order valence-electron chi connectivity index (χ4n) is 2.39. The third-order valence-corrected chi connectivity index (χ3v) is 4.01. The quantitative estimate of drug-likeness (QED) is 0.869. The SMILES string of the molecule is CN(C)C1CN(C(=O)CC(O)(c2nccn2C)C(F)(F)F)C1. The predicted octanol–water partition coefficient (Wildman–Crippen LogP) is 0.332. The monoisotopic (exact) mass is 320 g/mol. The topological polar surface area (TPSA) is 61.6 Å². The molecule has 1 aromatic rings. The highest BCUT2D eigenvalue weighted by molar-refractivity contribution is 5.78. The molecule has 0 spiro atoms. The van der Waals surface area contributed by atoms with Crippen LogP contribution in [-0.4, -0.2) is 69.8 Å². The maximum Gasteiger partial charge on any atom is 0.425 e. The number of carbonyl (C=O) groups excluding carboxylic acids is 1. The van der Waals surface area contributed by atoms with E-state index in [0.29, 0.717) is 13.1 Å². The van der Waals surface area contributed by atoms with Crippen LogP contribution >= 0.6 is 0 Å². The maximum absolute atomic E-state index is 13.3. The Morgan fingerprint density at radius 3 is 2.45 bits per heavy atom. The molecule has 0 saturated carbocycles. The number of aryl methyl sites for hydroxylation is 1. The number of amides is 1. The molecule has 1 N–H and O–H groups in total. The number of hydrogen-bond donors (Lipinski definition) is 1. The number of likely N-dealkylation sites (tertiary alicyclic amines) is 1. The van der Waals surface area contributed by atoms with E-state index in [0.717, 1.165) is 10.8 Å². The van der Waals surface area contributed by atoms with E-state index in [4.69, 9.17) is 0 Å². The van der Waals surface area contributed by atoms with Crippen molar-refractivity contribution in [3.05, 3.63) is 18.2 Å². The molecule has 9 heteroatoms. The highest BCUT2D eigenvalue weighted by Gasteiger charge is 2.59. The summed E-state index contributed by atoms with van der Waals surface area (Å²) in [6.07, 6.45) is -3.61. The Kier molecular flexibility index (Phi) is 4.22. The van der Waals surface area contributed by atoms with Crippen molar-refractivity contribution < 1.29 is 23.1 Å². The van der Waals surface area contributed by atoms with E-state index in [2.05, 4.69) is 4.98 Å². The number of halogens is 3. The third kappa shape index (κ3) is 2.82. The number of aromatic nitrogens is 2. The van der Waals surface area contributed by atoms with E-state index in [1.807, 2.05) is 19.0 Å². The predicted molar refractivity (Wildman–Crippen MR) is 71.8 cm³/mol. The van der Waals surface area contributed by atoms with Crippen LogP contribution < -0.4 is 0 Å². The van der Waals surface area contributed by atoms with E-state index in [9.17, 15) is 23.1 Å². The summed E-state index contributed by atoms with van der Waals surface area (Å²) >= 11 is 0. The normalized spacial score (nSPS) is 19.2. The summed E-state index contributed by atoms with van der Waals surface area (Å²) in [4.78, 5) is 18.9. The average molecular weight is 320 g/mol. The van der Waals surface area contributed by atoms with E-state index in [-0.39, 0.29) is 6.04 Å². The number of likely N-dealkylation sites (N-methyl/N-ethyl adjacent to an activating group) is 1. The van der Waals surface area contributed by atoms with Gasteiger partial charge in [-0.3, -0.25) is 4.79 Å². The van der Waals surface area contributed by atoms with Gasteiger partial charge in [-0.1, -0.05) is 0 Å². The van der Waals surface area contributed by atoms with Crippen molar-refractivity contribution in [1.82, 2.24) is 19.4 Å². The molecule has 6 nitrogen and oxygen atoms in total. The Balaban J connectivity index is 2.16. The Hall–Kier alpha value is -1.61. The van der Waals surface area contributed by atoms with Crippen molar-refractivity contribution in [2.24, 2.45) is 7.05 Å². The van der Waals surface area contributed by atoms with Crippen molar-refractivity contribution >= 4 is 5.91 Å². The van der Waals surface area contributed by atoms with Crippen molar-refractivity contribution in [3.63, 3.8) is 0 Å².